The molecular formula is C13H25PSSi2. The highest BCUT2D eigenvalue weighted by atomic mass is 32.1. The molecule has 4 heteroatoms. The van der Waals surface area contributed by atoms with Gasteiger partial charge >= 0.3 is 0 Å². The standard InChI is InChI=1S/C13H25PSSi2/c1-16(2,3)13(17(4,5)6)14-11-9-7-8-10-12(11)15/h7-10,13-15H,1-6H3. The second-order valence-corrected chi connectivity index (χ2v) is 21.1. The van der Waals surface area contributed by atoms with Gasteiger partial charge in [-0.1, -0.05) is 66.1 Å². The Balaban J connectivity index is 3.00. The summed E-state index contributed by atoms with van der Waals surface area (Å²) in [6.07, 6.45) is 0. The molecule has 0 aliphatic heterocycles. The van der Waals surface area contributed by atoms with Crippen LogP contribution >= 0.6 is 21.2 Å². The molecule has 0 amide bonds. The van der Waals surface area contributed by atoms with E-state index in [2.05, 4.69) is 76.2 Å². The van der Waals surface area contributed by atoms with Crippen molar-refractivity contribution in [2.75, 3.05) is 0 Å². The minimum atomic E-state index is -1.09. The van der Waals surface area contributed by atoms with Gasteiger partial charge < -0.3 is 0 Å². The predicted molar refractivity (Wildman–Crippen MR) is 92.1 cm³/mol. The molecule has 96 valence electrons. The molecule has 0 heterocycles. The molecule has 1 unspecified atom stereocenters. The molecule has 0 nitrogen and oxygen atoms in total. The highest BCUT2D eigenvalue weighted by molar-refractivity contribution is 7.81. The average molecular weight is 301 g/mol. The molecular weight excluding hydrogens is 275 g/mol. The van der Waals surface area contributed by atoms with Crippen LogP contribution in [0.15, 0.2) is 29.2 Å². The maximum atomic E-state index is 4.60. The first-order chi connectivity index (χ1) is 7.62. The molecule has 17 heavy (non-hydrogen) atoms. The zero-order valence-corrected chi connectivity index (χ0v) is 15.7. The number of hydrogen-bond donors (Lipinski definition) is 1. The first kappa shape index (κ1) is 15.5. The molecule has 0 bridgehead atoms. The third-order valence-corrected chi connectivity index (χ3v) is 19.3. The summed E-state index contributed by atoms with van der Waals surface area (Å²) in [6.45, 7) is 15.1. The van der Waals surface area contributed by atoms with Crippen LogP contribution in [0.4, 0.5) is 0 Å². The molecule has 0 radical (unpaired) electrons. The van der Waals surface area contributed by atoms with E-state index >= 15 is 0 Å². The van der Waals surface area contributed by atoms with Gasteiger partial charge in [-0.15, -0.1) is 12.6 Å². The van der Waals surface area contributed by atoms with Crippen LogP contribution in [0.5, 0.6) is 0 Å². The van der Waals surface area contributed by atoms with Crippen molar-refractivity contribution in [2.45, 2.75) is 49.1 Å². The van der Waals surface area contributed by atoms with E-state index in [1.165, 1.54) is 10.2 Å². The Kier molecular flexibility index (Phi) is 5.11. The van der Waals surface area contributed by atoms with Gasteiger partial charge in [0.2, 0.25) is 0 Å². The SMILES string of the molecule is C[Si](C)(C)C(Pc1ccccc1S)[Si](C)(C)C. The third kappa shape index (κ3) is 4.55. The quantitative estimate of drug-likeness (QED) is 0.475. The lowest BCUT2D eigenvalue weighted by atomic mass is 10.4. The Morgan fingerprint density at radius 1 is 0.941 bits per heavy atom. The molecule has 1 aromatic rings. The number of benzene rings is 1. The van der Waals surface area contributed by atoms with Crippen LogP contribution in [0, 0.1) is 0 Å². The zero-order chi connectivity index (χ0) is 13.3. The van der Waals surface area contributed by atoms with Gasteiger partial charge in [0.15, 0.2) is 0 Å². The Morgan fingerprint density at radius 3 is 1.82 bits per heavy atom. The third-order valence-electron chi connectivity index (χ3n) is 2.94. The van der Waals surface area contributed by atoms with Gasteiger partial charge in [0.05, 0.1) is 0 Å². The molecule has 1 atom stereocenters. The van der Waals surface area contributed by atoms with Gasteiger partial charge in [-0.25, -0.2) is 0 Å². The lowest BCUT2D eigenvalue weighted by molar-refractivity contribution is 1.45. The second-order valence-electron chi connectivity index (χ2n) is 6.83. The van der Waals surface area contributed by atoms with Crippen molar-refractivity contribution in [2.24, 2.45) is 0 Å². The zero-order valence-electron chi connectivity index (χ0n) is 11.8. The van der Waals surface area contributed by atoms with Gasteiger partial charge in [0.1, 0.15) is 0 Å². The van der Waals surface area contributed by atoms with E-state index in [-0.39, 0.29) is 0 Å². The van der Waals surface area contributed by atoms with Crippen molar-refractivity contribution in [3.63, 3.8) is 0 Å². The smallest absolute Gasteiger partial charge is 0.0492 e. The highest BCUT2D eigenvalue weighted by Gasteiger charge is 2.37. The summed E-state index contributed by atoms with van der Waals surface area (Å²) in [4.78, 5) is 2.12. The monoisotopic (exact) mass is 300 g/mol. The van der Waals surface area contributed by atoms with Crippen molar-refractivity contribution in [1.29, 1.82) is 0 Å². The van der Waals surface area contributed by atoms with Crippen LogP contribution in [0.2, 0.25) is 39.3 Å². The minimum Gasteiger partial charge on any atom is -0.143 e. The fraction of sp³-hybridized carbons (Fsp3) is 0.538. The first-order valence-corrected chi connectivity index (χ1v) is 14.8. The summed E-state index contributed by atoms with van der Waals surface area (Å²) in [5.41, 5.74) is 0. The second kappa shape index (κ2) is 5.60. The first-order valence-electron chi connectivity index (χ1n) is 6.17. The molecule has 1 rings (SSSR count). The van der Waals surface area contributed by atoms with Gasteiger partial charge in [-0.3, -0.25) is 0 Å². The Hall–Kier alpha value is 0.434. The van der Waals surface area contributed by atoms with E-state index in [1.54, 1.807) is 0 Å². The summed E-state index contributed by atoms with van der Waals surface area (Å²) in [5, 5.41) is 1.46. The molecule has 0 fully saturated rings. The van der Waals surface area contributed by atoms with Crippen LogP contribution < -0.4 is 5.30 Å². The van der Waals surface area contributed by atoms with E-state index < -0.39 is 16.1 Å². The minimum absolute atomic E-state index is 0.944. The van der Waals surface area contributed by atoms with Gasteiger partial charge in [0.25, 0.3) is 0 Å². The van der Waals surface area contributed by atoms with E-state index in [9.17, 15) is 0 Å². The normalized spacial score (nSPS) is 13.9. The Bertz CT molecular complexity index is 366. The summed E-state index contributed by atoms with van der Waals surface area (Å²) in [6, 6.07) is 8.60. The summed E-state index contributed by atoms with van der Waals surface area (Å²) < 4.78 is 0. The van der Waals surface area contributed by atoms with Crippen LogP contribution in [0.1, 0.15) is 0 Å². The predicted octanol–water partition coefficient (Wildman–Crippen LogP) is 4.40. The topological polar surface area (TPSA) is 0 Å². The summed E-state index contributed by atoms with van der Waals surface area (Å²) >= 11 is 4.60. The van der Waals surface area contributed by atoms with E-state index in [1.807, 2.05) is 0 Å². The molecule has 0 saturated heterocycles. The fourth-order valence-corrected chi connectivity index (χ4v) is 18.4. The largest absolute Gasteiger partial charge is 0.143 e. The molecule has 0 aliphatic rings. The number of hydrogen-bond acceptors (Lipinski definition) is 1. The van der Waals surface area contributed by atoms with Crippen molar-refractivity contribution >= 4 is 42.7 Å². The van der Waals surface area contributed by atoms with Crippen molar-refractivity contribution < 1.29 is 0 Å². The van der Waals surface area contributed by atoms with Gasteiger partial charge in [0, 0.05) is 21.0 Å². The lowest BCUT2D eigenvalue weighted by Gasteiger charge is -2.38. The van der Waals surface area contributed by atoms with Gasteiger partial charge in [-0.2, -0.15) is 0 Å². The average Bonchev–Trinajstić information content (AvgIpc) is 2.12. The molecule has 0 N–H and O–H groups in total. The molecule has 0 aliphatic carbocycles. The maximum Gasteiger partial charge on any atom is 0.0492 e. The van der Waals surface area contributed by atoms with E-state index in [0.717, 1.165) is 13.5 Å². The fourth-order valence-electron chi connectivity index (χ4n) is 2.48. The van der Waals surface area contributed by atoms with Crippen LogP contribution in [-0.2, 0) is 0 Å². The van der Waals surface area contributed by atoms with E-state index in [0.29, 0.717) is 0 Å². The van der Waals surface area contributed by atoms with Crippen LogP contribution in [-0.4, -0.2) is 21.1 Å². The Labute approximate surface area is 116 Å². The molecule has 0 spiro atoms. The van der Waals surface area contributed by atoms with Crippen molar-refractivity contribution in [3.05, 3.63) is 24.3 Å². The highest BCUT2D eigenvalue weighted by Crippen LogP contribution is 2.35. The van der Waals surface area contributed by atoms with Crippen molar-refractivity contribution in [1.82, 2.24) is 0 Å². The van der Waals surface area contributed by atoms with Crippen molar-refractivity contribution in [3.8, 4) is 0 Å². The Morgan fingerprint density at radius 2 is 1.41 bits per heavy atom. The van der Waals surface area contributed by atoms with E-state index in [4.69, 9.17) is 0 Å². The summed E-state index contributed by atoms with van der Waals surface area (Å²) in [5.74, 6) is 0. The number of rotatable bonds is 4. The number of thiol groups is 1. The van der Waals surface area contributed by atoms with Crippen LogP contribution in [0.25, 0.3) is 0 Å². The van der Waals surface area contributed by atoms with Gasteiger partial charge in [-0.05, 0) is 16.3 Å². The van der Waals surface area contributed by atoms with Crippen LogP contribution in [0.3, 0.4) is 0 Å². The lowest BCUT2D eigenvalue weighted by Crippen LogP contribution is -2.51. The maximum absolute atomic E-state index is 4.60. The molecule has 0 saturated carbocycles. The molecule has 1 aromatic carbocycles. The molecule has 0 aromatic heterocycles. The summed E-state index contributed by atoms with van der Waals surface area (Å²) in [7, 11) is -1.23.